The van der Waals surface area contributed by atoms with Gasteiger partial charge in [0.15, 0.2) is 0 Å². The van der Waals surface area contributed by atoms with Gasteiger partial charge in [-0.05, 0) is 58.9 Å². The van der Waals surface area contributed by atoms with Gasteiger partial charge in [0.25, 0.3) is 0 Å². The summed E-state index contributed by atoms with van der Waals surface area (Å²) in [7, 11) is 5.93. The zero-order valence-corrected chi connectivity index (χ0v) is 12.3. The molecule has 0 saturated carbocycles. The monoisotopic (exact) mass is 282 g/mol. The summed E-state index contributed by atoms with van der Waals surface area (Å²) in [5.41, 5.74) is 6.31. The molecule has 5 nitrogen and oxygen atoms in total. The minimum Gasteiger partial charge on any atom is -0.397 e. The van der Waals surface area contributed by atoms with Gasteiger partial charge in [0.1, 0.15) is 5.82 Å². The minimum absolute atomic E-state index is 0.157. The summed E-state index contributed by atoms with van der Waals surface area (Å²) in [4.78, 5) is 15.9. The van der Waals surface area contributed by atoms with Crippen molar-refractivity contribution < 1.29 is 9.18 Å². The standard InChI is InChI=1S/C14H23FN4O/c1-18(2)7-4-8-19(3)10-14(20)17-13-6-5-11(15)9-12(13)16/h5-6,9H,4,7-8,10,16H2,1-3H3,(H,17,20). The van der Waals surface area contributed by atoms with Crippen molar-refractivity contribution in [2.24, 2.45) is 0 Å². The molecule has 0 heterocycles. The number of nitrogens with zero attached hydrogens (tertiary/aromatic N) is 2. The molecule has 1 amide bonds. The predicted octanol–water partition coefficient (Wildman–Crippen LogP) is 1.23. The van der Waals surface area contributed by atoms with Crippen molar-refractivity contribution >= 4 is 17.3 Å². The number of hydrogen-bond acceptors (Lipinski definition) is 4. The molecule has 0 fully saturated rings. The van der Waals surface area contributed by atoms with Gasteiger partial charge >= 0.3 is 0 Å². The second-order valence-corrected chi connectivity index (χ2v) is 5.17. The molecule has 0 unspecified atom stereocenters. The fraction of sp³-hybridized carbons (Fsp3) is 0.500. The molecule has 0 spiro atoms. The first-order chi connectivity index (χ1) is 9.38. The van der Waals surface area contributed by atoms with Gasteiger partial charge in [-0.25, -0.2) is 4.39 Å². The summed E-state index contributed by atoms with van der Waals surface area (Å²) < 4.78 is 12.9. The third-order valence-corrected chi connectivity index (χ3v) is 2.85. The lowest BCUT2D eigenvalue weighted by Gasteiger charge is -2.18. The number of hydrogen-bond donors (Lipinski definition) is 2. The van der Waals surface area contributed by atoms with Crippen LogP contribution in [-0.4, -0.2) is 56.5 Å². The average molecular weight is 282 g/mol. The zero-order valence-electron chi connectivity index (χ0n) is 12.3. The number of carbonyl (C=O) groups is 1. The van der Waals surface area contributed by atoms with Crippen LogP contribution in [0, 0.1) is 5.82 Å². The lowest BCUT2D eigenvalue weighted by Crippen LogP contribution is -2.32. The van der Waals surface area contributed by atoms with Gasteiger partial charge in [0, 0.05) is 0 Å². The van der Waals surface area contributed by atoms with Crippen LogP contribution in [0.1, 0.15) is 6.42 Å². The Balaban J connectivity index is 2.39. The van der Waals surface area contributed by atoms with Gasteiger partial charge < -0.3 is 16.0 Å². The van der Waals surface area contributed by atoms with E-state index < -0.39 is 5.82 Å². The molecule has 0 radical (unpaired) electrons. The molecule has 20 heavy (non-hydrogen) atoms. The van der Waals surface area contributed by atoms with E-state index in [2.05, 4.69) is 10.2 Å². The highest BCUT2D eigenvalue weighted by atomic mass is 19.1. The Morgan fingerprint density at radius 1 is 1.30 bits per heavy atom. The maximum Gasteiger partial charge on any atom is 0.238 e. The van der Waals surface area contributed by atoms with E-state index in [0.29, 0.717) is 5.69 Å². The normalized spacial score (nSPS) is 11.1. The van der Waals surface area contributed by atoms with E-state index in [1.54, 1.807) is 0 Å². The largest absolute Gasteiger partial charge is 0.397 e. The number of nitrogens with one attached hydrogen (secondary N) is 1. The van der Waals surface area contributed by atoms with E-state index in [9.17, 15) is 9.18 Å². The molecular weight excluding hydrogens is 259 g/mol. The SMILES string of the molecule is CN(C)CCCN(C)CC(=O)Nc1ccc(F)cc1N. The van der Waals surface area contributed by atoms with Crippen molar-refractivity contribution in [1.29, 1.82) is 0 Å². The predicted molar refractivity (Wildman–Crippen MR) is 80.1 cm³/mol. The van der Waals surface area contributed by atoms with Gasteiger partial charge in [-0.1, -0.05) is 0 Å². The minimum atomic E-state index is -0.415. The molecule has 0 aromatic heterocycles. The molecule has 0 aliphatic carbocycles. The zero-order chi connectivity index (χ0) is 15.1. The van der Waals surface area contributed by atoms with Gasteiger partial charge in [-0.2, -0.15) is 0 Å². The van der Waals surface area contributed by atoms with Crippen molar-refractivity contribution in [3.05, 3.63) is 24.0 Å². The van der Waals surface area contributed by atoms with Crippen LogP contribution in [0.5, 0.6) is 0 Å². The van der Waals surface area contributed by atoms with E-state index in [0.717, 1.165) is 19.5 Å². The summed E-state index contributed by atoms with van der Waals surface area (Å²) in [5, 5.41) is 2.68. The summed E-state index contributed by atoms with van der Waals surface area (Å²) in [6, 6.07) is 3.93. The maximum absolute atomic E-state index is 12.9. The molecule has 0 bridgehead atoms. The number of rotatable bonds is 7. The van der Waals surface area contributed by atoms with Gasteiger partial charge in [-0.15, -0.1) is 0 Å². The lowest BCUT2D eigenvalue weighted by molar-refractivity contribution is -0.117. The van der Waals surface area contributed by atoms with Crippen molar-refractivity contribution in [2.75, 3.05) is 51.8 Å². The average Bonchev–Trinajstić information content (AvgIpc) is 2.32. The Kier molecular flexibility index (Phi) is 6.41. The van der Waals surface area contributed by atoms with Crippen molar-refractivity contribution in [2.45, 2.75) is 6.42 Å². The highest BCUT2D eigenvalue weighted by Gasteiger charge is 2.09. The smallest absolute Gasteiger partial charge is 0.238 e. The van der Waals surface area contributed by atoms with E-state index >= 15 is 0 Å². The molecule has 112 valence electrons. The Hall–Kier alpha value is -1.66. The van der Waals surface area contributed by atoms with Crippen LogP contribution in [-0.2, 0) is 4.79 Å². The van der Waals surface area contributed by atoms with Crippen LogP contribution in [0.4, 0.5) is 15.8 Å². The van der Waals surface area contributed by atoms with Crippen LogP contribution in [0.3, 0.4) is 0 Å². The molecule has 0 aliphatic heterocycles. The molecule has 0 saturated heterocycles. The topological polar surface area (TPSA) is 61.6 Å². The molecule has 1 rings (SSSR count). The summed E-state index contributed by atoms with van der Waals surface area (Å²) >= 11 is 0. The van der Waals surface area contributed by atoms with Crippen molar-refractivity contribution in [1.82, 2.24) is 9.80 Å². The van der Waals surface area contributed by atoms with E-state index in [1.165, 1.54) is 18.2 Å². The molecular formula is C14H23FN4O. The fourth-order valence-electron chi connectivity index (χ4n) is 1.82. The summed E-state index contributed by atoms with van der Waals surface area (Å²) in [5.74, 6) is -0.572. The number of benzene rings is 1. The third-order valence-electron chi connectivity index (χ3n) is 2.85. The van der Waals surface area contributed by atoms with Crippen molar-refractivity contribution in [3.63, 3.8) is 0 Å². The summed E-state index contributed by atoms with van der Waals surface area (Å²) in [6.45, 7) is 2.10. The number of halogens is 1. The first-order valence-electron chi connectivity index (χ1n) is 6.56. The molecule has 1 aromatic rings. The summed E-state index contributed by atoms with van der Waals surface area (Å²) in [6.07, 6.45) is 0.996. The fourth-order valence-corrected chi connectivity index (χ4v) is 1.82. The van der Waals surface area contributed by atoms with Crippen LogP contribution in [0.15, 0.2) is 18.2 Å². The second-order valence-electron chi connectivity index (χ2n) is 5.17. The van der Waals surface area contributed by atoms with Gasteiger partial charge in [0.05, 0.1) is 17.9 Å². The Bertz CT molecular complexity index is 451. The molecule has 6 heteroatoms. The van der Waals surface area contributed by atoms with Crippen LogP contribution < -0.4 is 11.1 Å². The Morgan fingerprint density at radius 3 is 2.60 bits per heavy atom. The van der Waals surface area contributed by atoms with Crippen LogP contribution in [0.25, 0.3) is 0 Å². The lowest BCUT2D eigenvalue weighted by atomic mass is 10.2. The number of anilines is 2. The van der Waals surface area contributed by atoms with Gasteiger partial charge in [-0.3, -0.25) is 9.69 Å². The van der Waals surface area contributed by atoms with E-state index in [1.807, 2.05) is 26.0 Å². The number of nitrogen functional groups attached to an aromatic ring is 1. The molecule has 0 atom stereocenters. The van der Waals surface area contributed by atoms with E-state index in [4.69, 9.17) is 5.73 Å². The number of nitrogens with two attached hydrogens (primary N) is 1. The number of likely N-dealkylation sites (N-methyl/N-ethyl adjacent to an activating group) is 1. The van der Waals surface area contributed by atoms with E-state index in [-0.39, 0.29) is 18.1 Å². The second kappa shape index (κ2) is 7.81. The first kappa shape index (κ1) is 16.4. The number of amides is 1. The Morgan fingerprint density at radius 2 is 2.00 bits per heavy atom. The van der Waals surface area contributed by atoms with Crippen molar-refractivity contribution in [3.8, 4) is 0 Å². The number of carbonyl (C=O) groups excluding carboxylic acids is 1. The maximum atomic E-state index is 12.9. The highest BCUT2D eigenvalue weighted by Crippen LogP contribution is 2.18. The molecule has 3 N–H and O–H groups in total. The molecule has 1 aromatic carbocycles. The quantitative estimate of drug-likeness (QED) is 0.738. The molecule has 0 aliphatic rings. The first-order valence-corrected chi connectivity index (χ1v) is 6.56. The Labute approximate surface area is 119 Å². The highest BCUT2D eigenvalue weighted by molar-refractivity contribution is 5.95. The van der Waals surface area contributed by atoms with Gasteiger partial charge in [0.2, 0.25) is 5.91 Å². The van der Waals surface area contributed by atoms with Crippen LogP contribution >= 0.6 is 0 Å². The third kappa shape index (κ3) is 5.99. The van der Waals surface area contributed by atoms with Crippen LogP contribution in [0.2, 0.25) is 0 Å².